The predicted molar refractivity (Wildman–Crippen MR) is 131 cm³/mol. The van der Waals surface area contributed by atoms with Crippen LogP contribution in [0.25, 0.3) is 0 Å². The average molecular weight is 527 g/mol. The van der Waals surface area contributed by atoms with Gasteiger partial charge in [0.1, 0.15) is 12.2 Å². The first kappa shape index (κ1) is 28.4. The van der Waals surface area contributed by atoms with Crippen LogP contribution in [0.3, 0.4) is 0 Å². The molecule has 202 valence electrons. The van der Waals surface area contributed by atoms with E-state index in [-0.39, 0.29) is 47.3 Å². The third-order valence-electron chi connectivity index (χ3n) is 6.84. The molecule has 0 aromatic rings. The van der Waals surface area contributed by atoms with Gasteiger partial charge in [0.25, 0.3) is 0 Å². The molecule has 0 aromatic heterocycles. The van der Waals surface area contributed by atoms with E-state index in [0.29, 0.717) is 22.4 Å². The number of nitrogens with one attached hydrogen (secondary N) is 1. The summed E-state index contributed by atoms with van der Waals surface area (Å²) in [5.41, 5.74) is 0.117. The number of aliphatic hydroxyl groups excluding tert-OH is 1. The highest BCUT2D eigenvalue weighted by Gasteiger charge is 2.60. The van der Waals surface area contributed by atoms with Crippen molar-refractivity contribution in [2.75, 3.05) is 48.3 Å². The van der Waals surface area contributed by atoms with Crippen LogP contribution >= 0.6 is 11.8 Å². The molecule has 2 fully saturated rings. The molecule has 36 heavy (non-hydrogen) atoms. The first-order chi connectivity index (χ1) is 16.6. The molecule has 3 heterocycles. The Morgan fingerprint density at radius 2 is 1.94 bits per heavy atom. The zero-order valence-corrected chi connectivity index (χ0v) is 22.8. The number of nitrogens with zero attached hydrogens (tertiary/aromatic N) is 3. The number of ether oxygens (including phenoxy) is 1. The molecule has 12 heteroatoms. The molecular formula is C24H38N4O7S. The Kier molecular flexibility index (Phi) is 8.43. The number of quaternary nitrogens is 1. The van der Waals surface area contributed by atoms with Crippen LogP contribution in [0.1, 0.15) is 26.7 Å². The topological polar surface area (TPSA) is 139 Å². The maximum Gasteiger partial charge on any atom is 0.356 e. The van der Waals surface area contributed by atoms with Crippen LogP contribution < -0.4 is 10.4 Å². The number of amides is 2. The first-order valence-corrected chi connectivity index (χ1v) is 13.1. The number of carboxylic acid groups (broad SMARTS) is 1. The Hall–Kier alpha value is -2.15. The Balaban J connectivity index is 1.88. The quantitative estimate of drug-likeness (QED) is 0.195. The molecule has 0 aliphatic carbocycles. The molecule has 11 nitrogen and oxygen atoms in total. The van der Waals surface area contributed by atoms with Gasteiger partial charge in [-0.25, -0.2) is 4.79 Å². The van der Waals surface area contributed by atoms with E-state index in [0.717, 1.165) is 0 Å². The van der Waals surface area contributed by atoms with Crippen LogP contribution in [-0.4, -0.2) is 121 Å². The van der Waals surface area contributed by atoms with Crippen molar-refractivity contribution in [2.45, 2.75) is 56.2 Å². The number of hydrogen-bond donors (Lipinski definition) is 2. The number of aliphatic carboxylic acids is 1. The number of esters is 1. The van der Waals surface area contributed by atoms with Crippen LogP contribution in [0.5, 0.6) is 0 Å². The third-order valence-corrected chi connectivity index (χ3v) is 8.36. The smallest absolute Gasteiger partial charge is 0.356 e. The average Bonchev–Trinajstić information content (AvgIpc) is 3.27. The van der Waals surface area contributed by atoms with Gasteiger partial charge in [-0.15, -0.1) is 11.8 Å². The molecule has 2 amide bonds. The Morgan fingerprint density at radius 3 is 2.47 bits per heavy atom. The molecule has 0 bridgehead atoms. The van der Waals surface area contributed by atoms with Crippen molar-refractivity contribution in [1.29, 1.82) is 0 Å². The van der Waals surface area contributed by atoms with E-state index < -0.39 is 36.5 Å². The van der Waals surface area contributed by atoms with Crippen LogP contribution in [0, 0.1) is 11.8 Å². The van der Waals surface area contributed by atoms with Crippen LogP contribution in [0.15, 0.2) is 10.6 Å². The molecule has 0 saturated carbocycles. The summed E-state index contributed by atoms with van der Waals surface area (Å²) in [5.74, 6) is -3.31. The number of thioether (sulfide) groups is 1. The highest BCUT2D eigenvalue weighted by molar-refractivity contribution is 8.03. The van der Waals surface area contributed by atoms with E-state index in [1.54, 1.807) is 21.0 Å². The standard InChI is InChI=1S/C24H38N4O7S/c1-12-19-18(13(2)29)23(33)27(19)20(24(34)35-14(8-17(30)31)11-28(5,6)7)21(12)36-15-9-16(25-10-15)22(32)26(3)4/h12-16,18-19,25,29H,8-11H2,1-7H3/t12-,13-,14?,15+,16+,18-,19-/m1/s1. The van der Waals surface area contributed by atoms with E-state index >= 15 is 0 Å². The van der Waals surface area contributed by atoms with Gasteiger partial charge in [-0.05, 0) is 13.3 Å². The number of carbonyl (C=O) groups excluding carboxylic acids is 4. The van der Waals surface area contributed by atoms with Crippen molar-refractivity contribution in [1.82, 2.24) is 15.1 Å². The summed E-state index contributed by atoms with van der Waals surface area (Å²) in [6.45, 7) is 4.28. The maximum absolute atomic E-state index is 13.5. The number of rotatable bonds is 10. The number of hydrogen-bond acceptors (Lipinski definition) is 9. The largest absolute Gasteiger partial charge is 0.550 e. The van der Waals surface area contributed by atoms with Gasteiger partial charge in [-0.2, -0.15) is 0 Å². The fourth-order valence-corrected chi connectivity index (χ4v) is 6.76. The normalized spacial score (nSPS) is 29.5. The second-order valence-electron chi connectivity index (χ2n) is 11.2. The summed E-state index contributed by atoms with van der Waals surface area (Å²) < 4.78 is 6.04. The van der Waals surface area contributed by atoms with Crippen molar-refractivity contribution in [2.24, 2.45) is 11.8 Å². The van der Waals surface area contributed by atoms with E-state index in [2.05, 4.69) is 5.32 Å². The van der Waals surface area contributed by atoms with Crippen LogP contribution in [0.2, 0.25) is 0 Å². The lowest BCUT2D eigenvalue weighted by Gasteiger charge is -2.46. The molecule has 3 rings (SSSR count). The lowest BCUT2D eigenvalue weighted by atomic mass is 9.79. The predicted octanol–water partition coefficient (Wildman–Crippen LogP) is -1.63. The van der Waals surface area contributed by atoms with Crippen molar-refractivity contribution in [3.63, 3.8) is 0 Å². The zero-order valence-electron chi connectivity index (χ0n) is 22.0. The Morgan fingerprint density at radius 1 is 1.31 bits per heavy atom. The van der Waals surface area contributed by atoms with Gasteiger partial charge in [0.15, 0.2) is 6.10 Å². The minimum atomic E-state index is -1.33. The number of carboxylic acids is 1. The lowest BCUT2D eigenvalue weighted by molar-refractivity contribution is -0.873. The summed E-state index contributed by atoms with van der Waals surface area (Å²) in [4.78, 5) is 53.8. The van der Waals surface area contributed by atoms with Crippen molar-refractivity contribution in [3.05, 3.63) is 10.6 Å². The Labute approximate surface area is 216 Å². The van der Waals surface area contributed by atoms with Crippen molar-refractivity contribution < 1.29 is 38.6 Å². The van der Waals surface area contributed by atoms with Crippen molar-refractivity contribution in [3.8, 4) is 0 Å². The van der Waals surface area contributed by atoms with Crippen LogP contribution in [0.4, 0.5) is 0 Å². The summed E-state index contributed by atoms with van der Waals surface area (Å²) >= 11 is 1.45. The highest BCUT2D eigenvalue weighted by Crippen LogP contribution is 2.52. The molecule has 1 unspecified atom stereocenters. The van der Waals surface area contributed by atoms with Gasteiger partial charge in [-0.3, -0.25) is 9.59 Å². The molecule has 7 atom stereocenters. The summed E-state index contributed by atoms with van der Waals surface area (Å²) in [6.07, 6.45) is -1.70. The molecule has 2 saturated heterocycles. The SMILES string of the molecule is C[C@@H](O)[C@H]1C(=O)N2C(C(=O)OC(CC(=O)[O-])C[N+](C)(C)C)=C(S[C@@H]3CN[C@H](C(=O)N(C)C)C3)[C@H](C)[C@H]12. The Bertz CT molecular complexity index is 945. The monoisotopic (exact) mass is 526 g/mol. The minimum absolute atomic E-state index is 0.0109. The number of carbonyl (C=O) groups is 4. The zero-order chi connectivity index (χ0) is 27.1. The molecule has 3 aliphatic heterocycles. The molecule has 0 spiro atoms. The molecule has 3 aliphatic rings. The fourth-order valence-electron chi connectivity index (χ4n) is 5.29. The van der Waals surface area contributed by atoms with Crippen LogP contribution in [-0.2, 0) is 23.9 Å². The molecule has 2 N–H and O–H groups in total. The highest BCUT2D eigenvalue weighted by atomic mass is 32.2. The first-order valence-electron chi connectivity index (χ1n) is 12.2. The fraction of sp³-hybridized carbons (Fsp3) is 0.750. The molecule has 0 radical (unpaired) electrons. The maximum atomic E-state index is 13.5. The minimum Gasteiger partial charge on any atom is -0.550 e. The summed E-state index contributed by atoms with van der Waals surface area (Å²) in [6, 6.07) is -0.708. The second-order valence-corrected chi connectivity index (χ2v) is 12.6. The second kappa shape index (κ2) is 10.7. The van der Waals surface area contributed by atoms with Gasteiger partial charge in [0.2, 0.25) is 11.8 Å². The van der Waals surface area contributed by atoms with Gasteiger partial charge in [0, 0.05) is 49.1 Å². The van der Waals surface area contributed by atoms with E-state index in [4.69, 9.17) is 4.74 Å². The number of aliphatic hydroxyl groups is 1. The molecular weight excluding hydrogens is 488 g/mol. The van der Waals surface area contributed by atoms with E-state index in [1.807, 2.05) is 28.1 Å². The third kappa shape index (κ3) is 5.87. The summed E-state index contributed by atoms with van der Waals surface area (Å²) in [5, 5.41) is 24.7. The lowest BCUT2D eigenvalue weighted by Crippen LogP contribution is -2.63. The van der Waals surface area contributed by atoms with Crippen molar-refractivity contribution >= 4 is 35.5 Å². The van der Waals surface area contributed by atoms with Gasteiger partial charge < -0.3 is 39.3 Å². The van der Waals surface area contributed by atoms with Gasteiger partial charge in [0.05, 0.1) is 45.2 Å². The molecule has 0 aromatic carbocycles. The number of β-lactam (4-membered cyclic amide) rings is 1. The summed E-state index contributed by atoms with van der Waals surface area (Å²) in [7, 11) is 8.97. The van der Waals surface area contributed by atoms with E-state index in [1.165, 1.54) is 21.6 Å². The van der Waals surface area contributed by atoms with Gasteiger partial charge in [-0.1, -0.05) is 6.92 Å². The van der Waals surface area contributed by atoms with E-state index in [9.17, 15) is 29.4 Å². The van der Waals surface area contributed by atoms with Gasteiger partial charge >= 0.3 is 5.97 Å². The number of likely N-dealkylation sites (N-methyl/N-ethyl adjacent to an activating group) is 2. The number of fused-ring (bicyclic) bond motifs is 1.